The van der Waals surface area contributed by atoms with Gasteiger partial charge in [0.1, 0.15) is 0 Å². The number of amides is 2. The van der Waals surface area contributed by atoms with Gasteiger partial charge >= 0.3 is 0 Å². The van der Waals surface area contributed by atoms with Crippen LogP contribution in [0.2, 0.25) is 0 Å². The lowest BCUT2D eigenvalue weighted by Gasteiger charge is -2.14. The van der Waals surface area contributed by atoms with Crippen molar-refractivity contribution in [3.05, 3.63) is 48.0 Å². The molecular formula is C17H20N2O2S. The minimum Gasteiger partial charge on any atom is -0.369 e. The minimum atomic E-state index is -0.401. The molecule has 0 saturated heterocycles. The third kappa shape index (κ3) is 5.07. The molecule has 2 amide bonds. The van der Waals surface area contributed by atoms with Gasteiger partial charge in [0.05, 0.1) is 11.5 Å². The first kappa shape index (κ1) is 16.4. The molecule has 22 heavy (non-hydrogen) atoms. The molecule has 0 aliphatic rings. The molecule has 0 spiro atoms. The van der Waals surface area contributed by atoms with Crippen LogP contribution in [0.5, 0.6) is 0 Å². The first-order valence-corrected chi connectivity index (χ1v) is 8.33. The van der Waals surface area contributed by atoms with Crippen molar-refractivity contribution >= 4 is 34.3 Å². The van der Waals surface area contributed by atoms with Crippen LogP contribution in [0.4, 0.5) is 0 Å². The Balaban J connectivity index is 1.86. The molecule has 1 unspecified atom stereocenters. The molecule has 1 atom stereocenters. The Morgan fingerprint density at radius 1 is 1.14 bits per heavy atom. The second-order valence-corrected chi connectivity index (χ2v) is 6.30. The highest BCUT2D eigenvalue weighted by molar-refractivity contribution is 8.00. The summed E-state index contributed by atoms with van der Waals surface area (Å²) in [5.74, 6) is -0.0427. The van der Waals surface area contributed by atoms with E-state index >= 15 is 0 Å². The molecule has 2 rings (SSSR count). The van der Waals surface area contributed by atoms with Gasteiger partial charge in [-0.25, -0.2) is 0 Å². The Morgan fingerprint density at radius 2 is 1.86 bits per heavy atom. The van der Waals surface area contributed by atoms with Crippen LogP contribution < -0.4 is 11.1 Å². The van der Waals surface area contributed by atoms with E-state index in [9.17, 15) is 9.59 Å². The van der Waals surface area contributed by atoms with Crippen LogP contribution in [0.25, 0.3) is 10.8 Å². The minimum absolute atomic E-state index is 0.0443. The maximum Gasteiger partial charge on any atom is 0.230 e. The number of benzene rings is 2. The Bertz CT molecular complexity index is 673. The molecule has 0 aliphatic heterocycles. The van der Waals surface area contributed by atoms with Crippen LogP contribution >= 0.6 is 11.8 Å². The van der Waals surface area contributed by atoms with Gasteiger partial charge in [-0.15, -0.1) is 11.8 Å². The van der Waals surface area contributed by atoms with E-state index in [1.165, 1.54) is 28.1 Å². The molecule has 2 aromatic carbocycles. The Labute approximate surface area is 134 Å². The van der Waals surface area contributed by atoms with Gasteiger partial charge in [0, 0.05) is 6.04 Å². The molecule has 0 saturated carbocycles. The average Bonchev–Trinajstić information content (AvgIpc) is 2.46. The number of nitrogens with two attached hydrogens (primary N) is 1. The number of hydrogen-bond donors (Lipinski definition) is 2. The monoisotopic (exact) mass is 316 g/mol. The lowest BCUT2D eigenvalue weighted by atomic mass is 10.0. The highest BCUT2D eigenvalue weighted by Crippen LogP contribution is 2.16. The van der Waals surface area contributed by atoms with Crippen LogP contribution in [0, 0.1) is 0 Å². The maximum atomic E-state index is 11.8. The Morgan fingerprint density at radius 3 is 2.59 bits per heavy atom. The smallest absolute Gasteiger partial charge is 0.230 e. The zero-order valence-corrected chi connectivity index (χ0v) is 13.4. The van der Waals surface area contributed by atoms with Gasteiger partial charge in [-0.1, -0.05) is 42.5 Å². The van der Waals surface area contributed by atoms with Crippen molar-refractivity contribution in [3.63, 3.8) is 0 Å². The van der Waals surface area contributed by atoms with Crippen molar-refractivity contribution in [1.82, 2.24) is 5.32 Å². The van der Waals surface area contributed by atoms with Crippen molar-refractivity contribution < 1.29 is 9.59 Å². The van der Waals surface area contributed by atoms with Crippen LogP contribution in [-0.2, 0) is 16.0 Å². The number of thioether (sulfide) groups is 1. The molecule has 0 bridgehead atoms. The average molecular weight is 316 g/mol. The zero-order valence-electron chi connectivity index (χ0n) is 12.5. The van der Waals surface area contributed by atoms with Crippen molar-refractivity contribution in [2.75, 3.05) is 11.5 Å². The van der Waals surface area contributed by atoms with Gasteiger partial charge in [-0.05, 0) is 29.7 Å². The molecule has 0 radical (unpaired) electrons. The predicted octanol–water partition coefficient (Wildman–Crippen LogP) is 2.11. The van der Waals surface area contributed by atoms with Crippen molar-refractivity contribution in [2.45, 2.75) is 19.4 Å². The van der Waals surface area contributed by atoms with Gasteiger partial charge in [-0.2, -0.15) is 0 Å². The van der Waals surface area contributed by atoms with Gasteiger partial charge in [0.2, 0.25) is 11.8 Å². The number of primary amides is 1. The number of hydrogen-bond acceptors (Lipinski definition) is 3. The summed E-state index contributed by atoms with van der Waals surface area (Å²) in [4.78, 5) is 22.4. The summed E-state index contributed by atoms with van der Waals surface area (Å²) in [7, 11) is 0. The molecule has 5 heteroatoms. The van der Waals surface area contributed by atoms with E-state index in [1.807, 2.05) is 19.1 Å². The van der Waals surface area contributed by atoms with E-state index in [-0.39, 0.29) is 23.5 Å². The summed E-state index contributed by atoms with van der Waals surface area (Å²) in [5, 5.41) is 5.36. The predicted molar refractivity (Wildman–Crippen MR) is 91.8 cm³/mol. The largest absolute Gasteiger partial charge is 0.369 e. The fraction of sp³-hybridized carbons (Fsp3) is 0.294. The third-order valence-corrected chi connectivity index (χ3v) is 4.20. The number of carbonyl (C=O) groups excluding carboxylic acids is 2. The third-order valence-electron chi connectivity index (χ3n) is 3.24. The van der Waals surface area contributed by atoms with E-state index in [4.69, 9.17) is 5.73 Å². The molecule has 4 nitrogen and oxygen atoms in total. The molecular weight excluding hydrogens is 296 g/mol. The molecule has 3 N–H and O–H groups in total. The summed E-state index contributed by atoms with van der Waals surface area (Å²) in [6.07, 6.45) is 0.775. The zero-order chi connectivity index (χ0) is 15.9. The molecule has 0 aromatic heterocycles. The normalized spacial score (nSPS) is 12.0. The highest BCUT2D eigenvalue weighted by atomic mass is 32.2. The van der Waals surface area contributed by atoms with Crippen molar-refractivity contribution in [1.29, 1.82) is 0 Å². The SMILES string of the molecule is CC(Cc1ccc2ccccc2c1)NC(=O)CSCC(N)=O. The van der Waals surface area contributed by atoms with Crippen LogP contribution in [-0.4, -0.2) is 29.4 Å². The lowest BCUT2D eigenvalue weighted by molar-refractivity contribution is -0.119. The van der Waals surface area contributed by atoms with E-state index in [0.29, 0.717) is 0 Å². The second-order valence-electron chi connectivity index (χ2n) is 5.31. The van der Waals surface area contributed by atoms with Crippen LogP contribution in [0.1, 0.15) is 12.5 Å². The fourth-order valence-electron chi connectivity index (χ4n) is 2.33. The summed E-state index contributed by atoms with van der Waals surface area (Å²) in [6.45, 7) is 1.98. The van der Waals surface area contributed by atoms with Crippen LogP contribution in [0.3, 0.4) is 0 Å². The summed E-state index contributed by atoms with van der Waals surface area (Å²) in [5.41, 5.74) is 6.23. The summed E-state index contributed by atoms with van der Waals surface area (Å²) >= 11 is 1.23. The molecule has 2 aromatic rings. The van der Waals surface area contributed by atoms with E-state index in [0.717, 1.165) is 6.42 Å². The first-order chi connectivity index (χ1) is 10.5. The standard InChI is InChI=1S/C17H20N2O2S/c1-12(19-17(21)11-22-10-16(18)20)8-13-6-7-14-4-2-3-5-15(14)9-13/h2-7,9,12H,8,10-11H2,1H3,(H2,18,20)(H,19,21). The van der Waals surface area contributed by atoms with Crippen LogP contribution in [0.15, 0.2) is 42.5 Å². The second kappa shape index (κ2) is 7.84. The fourth-order valence-corrected chi connectivity index (χ4v) is 2.90. The Kier molecular flexibility index (Phi) is 5.83. The number of carbonyl (C=O) groups is 2. The quantitative estimate of drug-likeness (QED) is 0.822. The summed E-state index contributed by atoms with van der Waals surface area (Å²) in [6, 6.07) is 14.6. The topological polar surface area (TPSA) is 72.2 Å². The van der Waals surface area contributed by atoms with Gasteiger partial charge < -0.3 is 11.1 Å². The first-order valence-electron chi connectivity index (χ1n) is 7.17. The Hall–Kier alpha value is -2.01. The maximum absolute atomic E-state index is 11.8. The number of rotatable bonds is 7. The van der Waals surface area contributed by atoms with E-state index < -0.39 is 5.91 Å². The van der Waals surface area contributed by atoms with E-state index in [1.54, 1.807) is 0 Å². The molecule has 0 heterocycles. The van der Waals surface area contributed by atoms with Crippen molar-refractivity contribution in [3.8, 4) is 0 Å². The van der Waals surface area contributed by atoms with E-state index in [2.05, 4.69) is 35.6 Å². The molecule has 0 fully saturated rings. The van der Waals surface area contributed by atoms with Gasteiger partial charge in [0.25, 0.3) is 0 Å². The molecule has 116 valence electrons. The highest BCUT2D eigenvalue weighted by Gasteiger charge is 2.09. The molecule has 0 aliphatic carbocycles. The number of fused-ring (bicyclic) bond motifs is 1. The van der Waals surface area contributed by atoms with Gasteiger partial charge in [-0.3, -0.25) is 9.59 Å². The number of nitrogens with one attached hydrogen (secondary N) is 1. The van der Waals surface area contributed by atoms with Crippen molar-refractivity contribution in [2.24, 2.45) is 5.73 Å². The lowest BCUT2D eigenvalue weighted by Crippen LogP contribution is -2.35. The summed E-state index contributed by atoms with van der Waals surface area (Å²) < 4.78 is 0. The van der Waals surface area contributed by atoms with Gasteiger partial charge in [0.15, 0.2) is 0 Å².